The van der Waals surface area contributed by atoms with E-state index in [0.717, 1.165) is 65.9 Å². The third-order valence-electron chi connectivity index (χ3n) is 10.5. The van der Waals surface area contributed by atoms with E-state index in [1.54, 1.807) is 0 Å². The number of benzene rings is 9. The fourth-order valence-electron chi connectivity index (χ4n) is 7.85. The lowest BCUT2D eigenvalue weighted by Crippen LogP contribution is -2.01. The van der Waals surface area contributed by atoms with E-state index in [-0.39, 0.29) is 0 Å². The molecule has 0 radical (unpaired) electrons. The predicted molar refractivity (Wildman–Crippen MR) is 219 cm³/mol. The summed E-state index contributed by atoms with van der Waals surface area (Å²) in [7, 11) is 0. The number of aromatic nitrogens is 3. The van der Waals surface area contributed by atoms with Gasteiger partial charge in [-0.2, -0.15) is 0 Å². The van der Waals surface area contributed by atoms with Gasteiger partial charge in [0.05, 0.1) is 0 Å². The average Bonchev–Trinajstić information content (AvgIpc) is 3.58. The molecule has 4 heteroatoms. The van der Waals surface area contributed by atoms with Crippen LogP contribution in [0, 0.1) is 0 Å². The molecular weight excluding hydrogens is 647 g/mol. The molecule has 0 atom stereocenters. The highest BCUT2D eigenvalue weighted by Gasteiger charge is 2.18. The van der Waals surface area contributed by atoms with Gasteiger partial charge in [0.2, 0.25) is 0 Å². The molecule has 0 aliphatic carbocycles. The molecule has 11 rings (SSSR count). The van der Waals surface area contributed by atoms with E-state index in [9.17, 15) is 0 Å². The number of nitrogens with zero attached hydrogens (tertiary/aromatic N) is 3. The molecule has 2 aromatic heterocycles. The third kappa shape index (κ3) is 4.88. The van der Waals surface area contributed by atoms with Crippen molar-refractivity contribution >= 4 is 65.0 Å². The van der Waals surface area contributed by atoms with E-state index in [1.807, 2.05) is 18.2 Å². The van der Waals surface area contributed by atoms with Crippen LogP contribution in [0.1, 0.15) is 0 Å². The molecule has 4 nitrogen and oxygen atoms in total. The Morgan fingerprint density at radius 2 is 0.849 bits per heavy atom. The second-order valence-electron chi connectivity index (χ2n) is 13.6. The first kappa shape index (κ1) is 29.5. The Labute approximate surface area is 304 Å². The standard InChI is InChI=1S/C49H29N3O/c1-2-11-32(12-3-1)47-50-48(52-49(51-47)46-39-17-9-7-15-37(39)28-41-38-16-8-6-10-31(38)22-24-40(41)46)33-20-18-30(19-21-33)36-23-25-44-42(27-36)43-26-34-13-4-5-14-35(34)29-45(43)53-44/h1-29H. The smallest absolute Gasteiger partial charge is 0.165 e. The molecule has 246 valence electrons. The Morgan fingerprint density at radius 3 is 1.64 bits per heavy atom. The maximum Gasteiger partial charge on any atom is 0.165 e. The van der Waals surface area contributed by atoms with Gasteiger partial charge in [0.15, 0.2) is 17.5 Å². The summed E-state index contributed by atoms with van der Waals surface area (Å²) in [6.07, 6.45) is 0. The SMILES string of the molecule is c1ccc(-c2nc(-c3ccc(-c4ccc5oc6cc7ccccc7cc6c5c4)cc3)nc(-c3c4ccccc4cc4c3ccc3ccccc34)n2)cc1. The van der Waals surface area contributed by atoms with E-state index in [2.05, 4.69) is 158 Å². The van der Waals surface area contributed by atoms with Crippen molar-refractivity contribution < 1.29 is 4.42 Å². The Kier molecular flexibility index (Phi) is 6.52. The van der Waals surface area contributed by atoms with E-state index >= 15 is 0 Å². The minimum Gasteiger partial charge on any atom is -0.456 e. The van der Waals surface area contributed by atoms with Gasteiger partial charge in [-0.3, -0.25) is 0 Å². The number of rotatable bonds is 4. The zero-order valence-electron chi connectivity index (χ0n) is 28.5. The summed E-state index contributed by atoms with van der Waals surface area (Å²) in [6.45, 7) is 0. The zero-order valence-corrected chi connectivity index (χ0v) is 28.5. The molecule has 0 spiro atoms. The topological polar surface area (TPSA) is 51.8 Å². The second kappa shape index (κ2) is 11.7. The molecule has 0 aliphatic rings. The molecule has 2 heterocycles. The summed E-state index contributed by atoms with van der Waals surface area (Å²) in [6, 6.07) is 61.7. The molecule has 0 aliphatic heterocycles. The maximum atomic E-state index is 6.28. The lowest BCUT2D eigenvalue weighted by atomic mass is 9.93. The average molecular weight is 676 g/mol. The van der Waals surface area contributed by atoms with Gasteiger partial charge in [0, 0.05) is 27.5 Å². The van der Waals surface area contributed by atoms with E-state index in [4.69, 9.17) is 19.4 Å². The van der Waals surface area contributed by atoms with Crippen LogP contribution in [-0.4, -0.2) is 15.0 Å². The summed E-state index contributed by atoms with van der Waals surface area (Å²) in [4.78, 5) is 15.5. The Bertz CT molecular complexity index is 3220. The van der Waals surface area contributed by atoms with Crippen LogP contribution in [0.4, 0.5) is 0 Å². The lowest BCUT2D eigenvalue weighted by molar-refractivity contribution is 0.669. The highest BCUT2D eigenvalue weighted by atomic mass is 16.3. The van der Waals surface area contributed by atoms with Crippen molar-refractivity contribution in [1.29, 1.82) is 0 Å². The fourth-order valence-corrected chi connectivity index (χ4v) is 7.85. The van der Waals surface area contributed by atoms with Crippen LogP contribution in [0.15, 0.2) is 180 Å². The molecule has 11 aromatic rings. The molecule has 0 saturated carbocycles. The molecule has 0 unspecified atom stereocenters. The van der Waals surface area contributed by atoms with Gasteiger partial charge >= 0.3 is 0 Å². The minimum atomic E-state index is 0.630. The van der Waals surface area contributed by atoms with Crippen molar-refractivity contribution in [1.82, 2.24) is 15.0 Å². The molecule has 9 aromatic carbocycles. The summed E-state index contributed by atoms with van der Waals surface area (Å²) >= 11 is 0. The summed E-state index contributed by atoms with van der Waals surface area (Å²) in [5.74, 6) is 1.92. The normalized spacial score (nSPS) is 11.8. The van der Waals surface area contributed by atoms with Crippen molar-refractivity contribution in [2.45, 2.75) is 0 Å². The van der Waals surface area contributed by atoms with Gasteiger partial charge < -0.3 is 4.42 Å². The van der Waals surface area contributed by atoms with Crippen LogP contribution in [0.2, 0.25) is 0 Å². The maximum absolute atomic E-state index is 6.28. The van der Waals surface area contributed by atoms with Gasteiger partial charge in [0.25, 0.3) is 0 Å². The highest BCUT2D eigenvalue weighted by molar-refractivity contribution is 6.19. The number of hydrogen-bond acceptors (Lipinski definition) is 4. The Hall–Kier alpha value is -7.17. The first-order valence-corrected chi connectivity index (χ1v) is 17.8. The zero-order chi connectivity index (χ0) is 34.9. The van der Waals surface area contributed by atoms with Gasteiger partial charge in [-0.25, -0.2) is 15.0 Å². The van der Waals surface area contributed by atoms with Gasteiger partial charge in [-0.05, 0) is 84.5 Å². The summed E-state index contributed by atoms with van der Waals surface area (Å²) in [5.41, 5.74) is 6.89. The fraction of sp³-hybridized carbons (Fsp3) is 0. The van der Waals surface area contributed by atoms with Crippen molar-refractivity contribution in [2.75, 3.05) is 0 Å². The van der Waals surface area contributed by atoms with Crippen LogP contribution < -0.4 is 0 Å². The molecule has 0 bridgehead atoms. The largest absolute Gasteiger partial charge is 0.456 e. The number of furan rings is 1. The Balaban J connectivity index is 1.07. The number of hydrogen-bond donors (Lipinski definition) is 0. The quantitative estimate of drug-likeness (QED) is 0.138. The van der Waals surface area contributed by atoms with Crippen molar-refractivity contribution in [3.63, 3.8) is 0 Å². The minimum absolute atomic E-state index is 0.630. The van der Waals surface area contributed by atoms with Crippen LogP contribution in [0.3, 0.4) is 0 Å². The van der Waals surface area contributed by atoms with Crippen LogP contribution in [0.5, 0.6) is 0 Å². The van der Waals surface area contributed by atoms with E-state index in [1.165, 1.54) is 26.9 Å². The first-order valence-electron chi connectivity index (χ1n) is 17.8. The summed E-state index contributed by atoms with van der Waals surface area (Å²) in [5, 5.41) is 11.6. The molecule has 0 fully saturated rings. The molecule has 0 saturated heterocycles. The van der Waals surface area contributed by atoms with Gasteiger partial charge in [-0.15, -0.1) is 0 Å². The van der Waals surface area contributed by atoms with Crippen LogP contribution >= 0.6 is 0 Å². The lowest BCUT2D eigenvalue weighted by Gasteiger charge is -2.14. The summed E-state index contributed by atoms with van der Waals surface area (Å²) < 4.78 is 6.28. The van der Waals surface area contributed by atoms with E-state index in [0.29, 0.717) is 17.5 Å². The monoisotopic (exact) mass is 675 g/mol. The molecule has 0 N–H and O–H groups in total. The molecular formula is C49H29N3O. The van der Waals surface area contributed by atoms with Crippen LogP contribution in [0.25, 0.3) is 110 Å². The van der Waals surface area contributed by atoms with Crippen molar-refractivity contribution in [3.05, 3.63) is 176 Å². The third-order valence-corrected chi connectivity index (χ3v) is 10.5. The Morgan fingerprint density at radius 1 is 0.283 bits per heavy atom. The molecule has 0 amide bonds. The van der Waals surface area contributed by atoms with Gasteiger partial charge in [0.1, 0.15) is 11.2 Å². The van der Waals surface area contributed by atoms with Crippen molar-refractivity contribution in [3.8, 4) is 45.3 Å². The first-order chi connectivity index (χ1) is 26.2. The highest BCUT2D eigenvalue weighted by Crippen LogP contribution is 2.40. The van der Waals surface area contributed by atoms with Gasteiger partial charge in [-0.1, -0.05) is 146 Å². The van der Waals surface area contributed by atoms with Crippen LogP contribution in [-0.2, 0) is 0 Å². The predicted octanol–water partition coefficient (Wildman–Crippen LogP) is 13.1. The molecule has 53 heavy (non-hydrogen) atoms. The number of fused-ring (bicyclic) bond motifs is 8. The van der Waals surface area contributed by atoms with Crippen molar-refractivity contribution in [2.24, 2.45) is 0 Å². The van der Waals surface area contributed by atoms with E-state index < -0.39 is 0 Å². The second-order valence-corrected chi connectivity index (χ2v) is 13.6.